The minimum absolute atomic E-state index is 0.380. The highest BCUT2D eigenvalue weighted by Crippen LogP contribution is 2.09. The molecule has 0 fully saturated rings. The van der Waals surface area contributed by atoms with Crippen molar-refractivity contribution in [3.05, 3.63) is 28.5 Å². The summed E-state index contributed by atoms with van der Waals surface area (Å²) in [7, 11) is 0. The summed E-state index contributed by atoms with van der Waals surface area (Å²) in [6, 6.07) is 3.23. The summed E-state index contributed by atoms with van der Waals surface area (Å²) in [5.41, 5.74) is 1.14. The number of aryl methyl sites for hydroxylation is 1. The van der Waals surface area contributed by atoms with Crippen molar-refractivity contribution in [2.45, 2.75) is 6.92 Å². The van der Waals surface area contributed by atoms with E-state index in [1.165, 1.54) is 6.07 Å². The molecule has 0 spiro atoms. The molecule has 3 heteroatoms. The molecule has 0 saturated heterocycles. The molecule has 0 unspecified atom stereocenters. The Balaban J connectivity index is 3.18. The zero-order valence-corrected chi connectivity index (χ0v) is 6.22. The van der Waals surface area contributed by atoms with Crippen LogP contribution in [0.5, 0.6) is 0 Å². The van der Waals surface area contributed by atoms with Crippen LogP contribution in [0.2, 0.25) is 5.02 Å². The Labute approximate surface area is 63.8 Å². The summed E-state index contributed by atoms with van der Waals surface area (Å²) in [5.74, 6) is 0. The molecule has 1 aromatic rings. The third kappa shape index (κ3) is 1.54. The maximum absolute atomic E-state index is 10.2. The Bertz CT molecular complexity index is 240. The largest absolute Gasteiger partial charge is 0.296 e. The summed E-state index contributed by atoms with van der Waals surface area (Å²) >= 11 is 5.63. The van der Waals surface area contributed by atoms with Crippen molar-refractivity contribution >= 4 is 17.9 Å². The van der Waals surface area contributed by atoms with Gasteiger partial charge >= 0.3 is 0 Å². The summed E-state index contributed by atoms with van der Waals surface area (Å²) in [4.78, 5) is 14.1. The van der Waals surface area contributed by atoms with Gasteiger partial charge in [-0.1, -0.05) is 11.6 Å². The Morgan fingerprint density at radius 3 is 2.80 bits per heavy atom. The third-order valence-corrected chi connectivity index (χ3v) is 1.28. The van der Waals surface area contributed by atoms with Gasteiger partial charge in [-0.25, -0.2) is 0 Å². The predicted octanol–water partition coefficient (Wildman–Crippen LogP) is 1.86. The van der Waals surface area contributed by atoms with Crippen LogP contribution in [0.25, 0.3) is 0 Å². The quantitative estimate of drug-likeness (QED) is 0.580. The Kier molecular flexibility index (Phi) is 2.02. The van der Waals surface area contributed by atoms with Crippen molar-refractivity contribution in [2.24, 2.45) is 0 Å². The minimum atomic E-state index is 0.380. The lowest BCUT2D eigenvalue weighted by Gasteiger charge is -1.93. The zero-order valence-electron chi connectivity index (χ0n) is 5.47. The summed E-state index contributed by atoms with van der Waals surface area (Å²) < 4.78 is 0. The first-order valence-electron chi connectivity index (χ1n) is 2.82. The van der Waals surface area contributed by atoms with Crippen molar-refractivity contribution in [3.63, 3.8) is 0 Å². The highest BCUT2D eigenvalue weighted by atomic mass is 35.5. The normalized spacial score (nSPS) is 9.40. The van der Waals surface area contributed by atoms with Gasteiger partial charge in [0.2, 0.25) is 0 Å². The predicted molar refractivity (Wildman–Crippen MR) is 39.4 cm³/mol. The number of carbonyl (C=O) groups excluding carboxylic acids is 1. The molecule has 0 aromatic carbocycles. The molecule has 1 heterocycles. The van der Waals surface area contributed by atoms with E-state index in [-0.39, 0.29) is 0 Å². The fourth-order valence-electron chi connectivity index (χ4n) is 0.711. The van der Waals surface area contributed by atoms with Crippen molar-refractivity contribution in [3.8, 4) is 0 Å². The van der Waals surface area contributed by atoms with E-state index in [2.05, 4.69) is 4.98 Å². The van der Waals surface area contributed by atoms with Gasteiger partial charge in [0.25, 0.3) is 0 Å². The molecule has 0 amide bonds. The average molecular weight is 156 g/mol. The number of hydrogen-bond donors (Lipinski definition) is 0. The van der Waals surface area contributed by atoms with Gasteiger partial charge in [0.05, 0.1) is 0 Å². The number of nitrogens with zero attached hydrogens (tertiary/aromatic N) is 1. The van der Waals surface area contributed by atoms with Crippen molar-refractivity contribution in [2.75, 3.05) is 0 Å². The average Bonchev–Trinajstić information content (AvgIpc) is 1.85. The second-order valence-electron chi connectivity index (χ2n) is 1.97. The van der Waals surface area contributed by atoms with Crippen molar-refractivity contribution in [1.82, 2.24) is 4.98 Å². The van der Waals surface area contributed by atoms with E-state index in [9.17, 15) is 4.79 Å². The maximum Gasteiger partial charge on any atom is 0.168 e. The minimum Gasteiger partial charge on any atom is -0.296 e. The van der Waals surface area contributed by atoms with Gasteiger partial charge in [0, 0.05) is 10.7 Å². The Hall–Kier alpha value is -0.890. The first kappa shape index (κ1) is 7.22. The van der Waals surface area contributed by atoms with Gasteiger partial charge in [-0.15, -0.1) is 0 Å². The van der Waals surface area contributed by atoms with Gasteiger partial charge in [0.15, 0.2) is 6.29 Å². The van der Waals surface area contributed by atoms with E-state index >= 15 is 0 Å². The fourth-order valence-corrected chi connectivity index (χ4v) is 0.981. The Morgan fingerprint density at radius 1 is 1.60 bits per heavy atom. The first-order chi connectivity index (χ1) is 4.72. The maximum atomic E-state index is 10.2. The van der Waals surface area contributed by atoms with E-state index in [1.807, 2.05) is 0 Å². The summed E-state index contributed by atoms with van der Waals surface area (Å²) in [5, 5.41) is 0.551. The van der Waals surface area contributed by atoms with Gasteiger partial charge in [-0.3, -0.25) is 9.78 Å². The summed E-state index contributed by atoms with van der Waals surface area (Å²) in [6.07, 6.45) is 0.679. The van der Waals surface area contributed by atoms with Crippen LogP contribution in [0.1, 0.15) is 16.2 Å². The van der Waals surface area contributed by atoms with Gasteiger partial charge < -0.3 is 0 Å². The molecule has 0 N–H and O–H groups in total. The molecule has 2 nitrogen and oxygen atoms in total. The molecule has 1 aromatic heterocycles. The summed E-state index contributed by atoms with van der Waals surface area (Å²) in [6.45, 7) is 1.79. The standard InChI is InChI=1S/C7H6ClNO/c1-5-2-6(8)3-7(4-10)9-5/h2-4H,1H3. The van der Waals surface area contributed by atoms with E-state index in [1.54, 1.807) is 13.0 Å². The number of rotatable bonds is 1. The number of hydrogen-bond acceptors (Lipinski definition) is 2. The lowest BCUT2D eigenvalue weighted by atomic mass is 10.3. The zero-order chi connectivity index (χ0) is 7.56. The molecule has 0 aliphatic carbocycles. The van der Waals surface area contributed by atoms with Crippen LogP contribution in [0.3, 0.4) is 0 Å². The van der Waals surface area contributed by atoms with Crippen molar-refractivity contribution in [1.29, 1.82) is 0 Å². The fraction of sp³-hybridized carbons (Fsp3) is 0.143. The number of carbonyl (C=O) groups is 1. The SMILES string of the molecule is Cc1cc(Cl)cc(C=O)n1. The molecule has 0 bridgehead atoms. The van der Waals surface area contributed by atoms with E-state index in [4.69, 9.17) is 11.6 Å². The van der Waals surface area contributed by atoms with Crippen LogP contribution < -0.4 is 0 Å². The molecule has 0 aliphatic rings. The lowest BCUT2D eigenvalue weighted by Crippen LogP contribution is -1.88. The van der Waals surface area contributed by atoms with Gasteiger partial charge in [-0.05, 0) is 19.1 Å². The molecular weight excluding hydrogens is 150 g/mol. The second-order valence-corrected chi connectivity index (χ2v) is 2.41. The molecule has 0 radical (unpaired) electrons. The topological polar surface area (TPSA) is 30.0 Å². The van der Waals surface area contributed by atoms with Crippen LogP contribution >= 0.6 is 11.6 Å². The smallest absolute Gasteiger partial charge is 0.168 e. The van der Waals surface area contributed by atoms with Gasteiger partial charge in [-0.2, -0.15) is 0 Å². The van der Waals surface area contributed by atoms with Crippen LogP contribution in [-0.2, 0) is 0 Å². The molecule has 0 aliphatic heterocycles. The Morgan fingerprint density at radius 2 is 2.30 bits per heavy atom. The highest BCUT2D eigenvalue weighted by Gasteiger charge is 1.94. The molecular formula is C7H6ClNO. The van der Waals surface area contributed by atoms with Crippen LogP contribution in [-0.4, -0.2) is 11.3 Å². The number of aldehydes is 1. The van der Waals surface area contributed by atoms with Crippen LogP contribution in [0, 0.1) is 6.92 Å². The molecule has 0 atom stereocenters. The van der Waals surface area contributed by atoms with E-state index in [0.29, 0.717) is 17.0 Å². The monoisotopic (exact) mass is 155 g/mol. The molecule has 1 rings (SSSR count). The van der Waals surface area contributed by atoms with Crippen LogP contribution in [0.15, 0.2) is 12.1 Å². The van der Waals surface area contributed by atoms with E-state index < -0.39 is 0 Å². The van der Waals surface area contributed by atoms with Crippen LogP contribution in [0.4, 0.5) is 0 Å². The van der Waals surface area contributed by atoms with E-state index in [0.717, 1.165) is 5.69 Å². The molecule has 10 heavy (non-hydrogen) atoms. The first-order valence-corrected chi connectivity index (χ1v) is 3.19. The number of pyridine rings is 1. The molecule has 0 saturated carbocycles. The number of aromatic nitrogens is 1. The van der Waals surface area contributed by atoms with Crippen molar-refractivity contribution < 1.29 is 4.79 Å². The van der Waals surface area contributed by atoms with Gasteiger partial charge in [0.1, 0.15) is 5.69 Å². The number of halogens is 1. The third-order valence-electron chi connectivity index (χ3n) is 1.06. The molecule has 52 valence electrons. The highest BCUT2D eigenvalue weighted by molar-refractivity contribution is 6.30. The second kappa shape index (κ2) is 2.80. The lowest BCUT2D eigenvalue weighted by molar-refractivity contribution is 0.111.